The van der Waals surface area contributed by atoms with Gasteiger partial charge in [0.2, 0.25) is 5.91 Å². The molecule has 0 aromatic heterocycles. The Morgan fingerprint density at radius 2 is 2.00 bits per heavy atom. The molecule has 0 bridgehead atoms. The second-order valence-electron chi connectivity index (χ2n) is 4.38. The molecule has 1 amide bonds. The number of benzene rings is 1. The van der Waals surface area contributed by atoms with Crippen LogP contribution in [0.3, 0.4) is 0 Å². The van der Waals surface area contributed by atoms with Crippen molar-refractivity contribution in [2.45, 2.75) is 32.4 Å². The monoisotopic (exact) mass is 251 g/mol. The van der Waals surface area contributed by atoms with E-state index in [0.717, 1.165) is 5.56 Å². The third-order valence-electron chi connectivity index (χ3n) is 2.38. The zero-order chi connectivity index (χ0) is 13.5. The summed E-state index contributed by atoms with van der Waals surface area (Å²) in [6.07, 6.45) is 3.08. The van der Waals surface area contributed by atoms with E-state index in [1.165, 1.54) is 18.2 Å². The Bertz CT molecular complexity index is 412. The van der Waals surface area contributed by atoms with Crippen LogP contribution in [0.2, 0.25) is 0 Å². The maximum absolute atomic E-state index is 12.7. The maximum Gasteiger partial charge on any atom is 0.244 e. The van der Waals surface area contributed by atoms with E-state index < -0.39 is 6.10 Å². The molecule has 4 heteroatoms. The molecular weight excluding hydrogens is 233 g/mol. The van der Waals surface area contributed by atoms with E-state index in [1.54, 1.807) is 25.1 Å². The van der Waals surface area contributed by atoms with Gasteiger partial charge in [0, 0.05) is 12.1 Å². The van der Waals surface area contributed by atoms with Gasteiger partial charge in [-0.2, -0.15) is 0 Å². The Labute approximate surface area is 106 Å². The van der Waals surface area contributed by atoms with Crippen LogP contribution in [0.25, 0.3) is 6.08 Å². The van der Waals surface area contributed by atoms with E-state index in [4.69, 9.17) is 5.11 Å². The molecule has 0 spiro atoms. The first-order valence-corrected chi connectivity index (χ1v) is 5.89. The van der Waals surface area contributed by atoms with Crippen LogP contribution in [0.4, 0.5) is 4.39 Å². The quantitative estimate of drug-likeness (QED) is 0.787. The Morgan fingerprint density at radius 3 is 2.56 bits per heavy atom. The minimum absolute atomic E-state index is 0.0876. The van der Waals surface area contributed by atoms with Crippen molar-refractivity contribution in [2.24, 2.45) is 0 Å². The summed E-state index contributed by atoms with van der Waals surface area (Å²) in [7, 11) is 0. The molecule has 0 aliphatic heterocycles. The van der Waals surface area contributed by atoms with Gasteiger partial charge in [-0.3, -0.25) is 4.79 Å². The molecule has 2 unspecified atom stereocenters. The molecule has 0 saturated heterocycles. The number of carbonyl (C=O) groups excluding carboxylic acids is 1. The van der Waals surface area contributed by atoms with E-state index >= 15 is 0 Å². The van der Waals surface area contributed by atoms with E-state index in [-0.39, 0.29) is 17.8 Å². The molecule has 2 N–H and O–H groups in total. The lowest BCUT2D eigenvalue weighted by Crippen LogP contribution is -2.33. The second-order valence-corrected chi connectivity index (χ2v) is 4.38. The standard InChI is InChI=1S/C14H18FNO2/c1-10(9-11(2)17)16-14(18)8-5-12-3-6-13(15)7-4-12/h3-8,10-11,17H,9H2,1-2H3,(H,16,18)/b8-5+. The number of amides is 1. The highest BCUT2D eigenvalue weighted by Gasteiger charge is 2.07. The molecule has 1 rings (SSSR count). The van der Waals surface area contributed by atoms with Crippen LogP contribution in [-0.4, -0.2) is 23.2 Å². The Kier molecular flexibility index (Phi) is 5.52. The minimum atomic E-state index is -0.443. The zero-order valence-corrected chi connectivity index (χ0v) is 10.6. The molecule has 0 heterocycles. The van der Waals surface area contributed by atoms with Crippen LogP contribution in [-0.2, 0) is 4.79 Å². The molecule has 98 valence electrons. The third kappa shape index (κ3) is 5.59. The van der Waals surface area contributed by atoms with Gasteiger partial charge in [0.25, 0.3) is 0 Å². The number of aliphatic hydroxyl groups excluding tert-OH is 1. The van der Waals surface area contributed by atoms with Crippen molar-refractivity contribution in [3.8, 4) is 0 Å². The largest absolute Gasteiger partial charge is 0.393 e. The SMILES string of the molecule is CC(O)CC(C)NC(=O)/C=C/c1ccc(F)cc1. The summed E-state index contributed by atoms with van der Waals surface area (Å²) in [5.74, 6) is -0.533. The Balaban J connectivity index is 2.46. The van der Waals surface area contributed by atoms with Gasteiger partial charge in [0.05, 0.1) is 6.10 Å². The van der Waals surface area contributed by atoms with Crippen molar-refractivity contribution >= 4 is 12.0 Å². The van der Waals surface area contributed by atoms with Crippen LogP contribution in [0.1, 0.15) is 25.8 Å². The molecule has 1 aromatic rings. The number of aliphatic hydroxyl groups is 1. The summed E-state index contributed by atoms with van der Waals surface area (Å²) in [6.45, 7) is 3.51. The third-order valence-corrected chi connectivity index (χ3v) is 2.38. The zero-order valence-electron chi connectivity index (χ0n) is 10.6. The van der Waals surface area contributed by atoms with Crippen LogP contribution in [0.15, 0.2) is 30.3 Å². The van der Waals surface area contributed by atoms with Crippen molar-refractivity contribution in [3.63, 3.8) is 0 Å². The number of carbonyl (C=O) groups is 1. The topological polar surface area (TPSA) is 49.3 Å². The highest BCUT2D eigenvalue weighted by atomic mass is 19.1. The number of hydrogen-bond acceptors (Lipinski definition) is 2. The lowest BCUT2D eigenvalue weighted by molar-refractivity contribution is -0.117. The minimum Gasteiger partial charge on any atom is -0.393 e. The number of hydrogen-bond donors (Lipinski definition) is 2. The molecule has 0 aliphatic carbocycles. The van der Waals surface area contributed by atoms with Crippen molar-refractivity contribution < 1.29 is 14.3 Å². The van der Waals surface area contributed by atoms with Crippen molar-refractivity contribution in [2.75, 3.05) is 0 Å². The van der Waals surface area contributed by atoms with E-state index in [2.05, 4.69) is 5.32 Å². The Morgan fingerprint density at radius 1 is 1.39 bits per heavy atom. The average Bonchev–Trinajstić information content (AvgIpc) is 2.27. The predicted octanol–water partition coefficient (Wildman–Crippen LogP) is 2.11. The summed E-state index contributed by atoms with van der Waals surface area (Å²) in [4.78, 5) is 11.5. The number of halogens is 1. The van der Waals surface area contributed by atoms with Crippen LogP contribution >= 0.6 is 0 Å². The van der Waals surface area contributed by atoms with Crippen molar-refractivity contribution in [3.05, 3.63) is 41.7 Å². The average molecular weight is 251 g/mol. The number of rotatable bonds is 5. The molecule has 0 saturated carbocycles. The first-order valence-electron chi connectivity index (χ1n) is 5.89. The van der Waals surface area contributed by atoms with Crippen molar-refractivity contribution in [1.82, 2.24) is 5.32 Å². The number of nitrogens with one attached hydrogen (secondary N) is 1. The van der Waals surface area contributed by atoms with Gasteiger partial charge in [-0.15, -0.1) is 0 Å². The molecule has 18 heavy (non-hydrogen) atoms. The molecular formula is C14H18FNO2. The maximum atomic E-state index is 12.7. The molecule has 0 fully saturated rings. The lowest BCUT2D eigenvalue weighted by Gasteiger charge is -2.13. The van der Waals surface area contributed by atoms with Gasteiger partial charge < -0.3 is 10.4 Å². The van der Waals surface area contributed by atoms with Gasteiger partial charge in [-0.05, 0) is 44.0 Å². The van der Waals surface area contributed by atoms with Crippen molar-refractivity contribution in [1.29, 1.82) is 0 Å². The highest BCUT2D eigenvalue weighted by Crippen LogP contribution is 2.04. The van der Waals surface area contributed by atoms with Crippen LogP contribution in [0.5, 0.6) is 0 Å². The van der Waals surface area contributed by atoms with Gasteiger partial charge in [-0.25, -0.2) is 4.39 Å². The molecule has 3 nitrogen and oxygen atoms in total. The van der Waals surface area contributed by atoms with E-state index in [1.807, 2.05) is 6.92 Å². The summed E-state index contributed by atoms with van der Waals surface area (Å²) >= 11 is 0. The van der Waals surface area contributed by atoms with Gasteiger partial charge in [0.1, 0.15) is 5.82 Å². The Hall–Kier alpha value is -1.68. The lowest BCUT2D eigenvalue weighted by atomic mass is 10.1. The van der Waals surface area contributed by atoms with Gasteiger partial charge in [0.15, 0.2) is 0 Å². The van der Waals surface area contributed by atoms with Crippen LogP contribution < -0.4 is 5.32 Å². The van der Waals surface area contributed by atoms with Crippen LogP contribution in [0, 0.1) is 5.82 Å². The predicted molar refractivity (Wildman–Crippen MR) is 69.3 cm³/mol. The molecule has 0 aliphatic rings. The molecule has 0 radical (unpaired) electrons. The van der Waals surface area contributed by atoms with Gasteiger partial charge >= 0.3 is 0 Å². The fraction of sp³-hybridized carbons (Fsp3) is 0.357. The summed E-state index contributed by atoms with van der Waals surface area (Å²) in [6, 6.07) is 5.79. The van der Waals surface area contributed by atoms with E-state index in [9.17, 15) is 9.18 Å². The second kappa shape index (κ2) is 6.91. The molecule has 2 atom stereocenters. The summed E-state index contributed by atoms with van der Waals surface area (Å²) in [5, 5.41) is 11.9. The fourth-order valence-electron chi connectivity index (χ4n) is 1.61. The summed E-state index contributed by atoms with van der Waals surface area (Å²) < 4.78 is 12.7. The first kappa shape index (κ1) is 14.4. The molecule has 1 aromatic carbocycles. The van der Waals surface area contributed by atoms with E-state index in [0.29, 0.717) is 6.42 Å². The smallest absolute Gasteiger partial charge is 0.244 e. The van der Waals surface area contributed by atoms with Gasteiger partial charge in [-0.1, -0.05) is 12.1 Å². The fourth-order valence-corrected chi connectivity index (χ4v) is 1.61. The first-order chi connectivity index (χ1) is 8.47. The normalized spacial score (nSPS) is 14.4. The highest BCUT2D eigenvalue weighted by molar-refractivity contribution is 5.91. The summed E-state index contributed by atoms with van der Waals surface area (Å²) in [5.41, 5.74) is 0.759.